The molecule has 29 heavy (non-hydrogen) atoms. The highest BCUT2D eigenvalue weighted by atomic mass is 32.2. The van der Waals surface area contributed by atoms with Crippen LogP contribution in [0.1, 0.15) is 49.8 Å². The number of sulfone groups is 1. The van der Waals surface area contributed by atoms with Crippen LogP contribution in [0.2, 0.25) is 0 Å². The van der Waals surface area contributed by atoms with Gasteiger partial charge in [0.05, 0.1) is 17.8 Å². The summed E-state index contributed by atoms with van der Waals surface area (Å²) in [5.74, 6) is 0.695. The molecule has 1 atom stereocenters. The highest BCUT2D eigenvalue weighted by molar-refractivity contribution is 7.90. The highest BCUT2D eigenvalue weighted by Crippen LogP contribution is 2.27. The highest BCUT2D eigenvalue weighted by Gasteiger charge is 2.24. The molecule has 5 heteroatoms. The largest absolute Gasteiger partial charge is 0.497 e. The maximum Gasteiger partial charge on any atom is 0.182 e. The lowest BCUT2D eigenvalue weighted by molar-refractivity contribution is 0.180. The number of benzene rings is 2. The summed E-state index contributed by atoms with van der Waals surface area (Å²) < 4.78 is 30.7. The molecule has 2 aromatic carbocycles. The molecule has 0 saturated heterocycles. The normalized spacial score (nSPS) is 16.6. The zero-order chi connectivity index (χ0) is 20.9. The first-order valence-corrected chi connectivity index (χ1v) is 12.3. The Morgan fingerprint density at radius 3 is 2.31 bits per heavy atom. The second-order valence-electron chi connectivity index (χ2n) is 7.97. The van der Waals surface area contributed by atoms with E-state index >= 15 is 0 Å². The van der Waals surface area contributed by atoms with Crippen LogP contribution >= 0.6 is 0 Å². The molecule has 3 rings (SSSR count). The molecule has 0 aliphatic heterocycles. The molecule has 0 spiro atoms. The summed E-state index contributed by atoms with van der Waals surface area (Å²) in [5, 5.41) is 0. The lowest BCUT2D eigenvalue weighted by Crippen LogP contribution is -2.40. The number of aryl methyl sites for hydroxylation is 1. The van der Waals surface area contributed by atoms with Crippen LogP contribution in [-0.4, -0.2) is 39.6 Å². The number of hydrogen-bond acceptors (Lipinski definition) is 4. The van der Waals surface area contributed by atoms with Gasteiger partial charge < -0.3 is 9.64 Å². The van der Waals surface area contributed by atoms with Gasteiger partial charge in [0.1, 0.15) is 5.75 Å². The first kappa shape index (κ1) is 21.8. The molecule has 0 fully saturated rings. The van der Waals surface area contributed by atoms with E-state index in [2.05, 4.69) is 30.9 Å². The zero-order valence-corrected chi connectivity index (χ0v) is 18.7. The SMILES string of the molecule is CCCN(CCC)[C@@H]1CCc2cc(CS(=O)(=O)c3ccc(OC)cc3)ccc2C1. The van der Waals surface area contributed by atoms with Crippen LogP contribution < -0.4 is 4.74 Å². The molecule has 1 aliphatic rings. The van der Waals surface area contributed by atoms with Crippen molar-refractivity contribution in [2.75, 3.05) is 20.2 Å². The second-order valence-corrected chi connectivity index (χ2v) is 9.96. The molecule has 2 aromatic rings. The van der Waals surface area contributed by atoms with E-state index < -0.39 is 9.84 Å². The van der Waals surface area contributed by atoms with E-state index in [4.69, 9.17) is 4.74 Å². The fourth-order valence-corrected chi connectivity index (χ4v) is 5.66. The lowest BCUT2D eigenvalue weighted by Gasteiger charge is -2.35. The van der Waals surface area contributed by atoms with Gasteiger partial charge in [0.15, 0.2) is 9.84 Å². The van der Waals surface area contributed by atoms with E-state index in [9.17, 15) is 8.42 Å². The van der Waals surface area contributed by atoms with Gasteiger partial charge in [-0.15, -0.1) is 0 Å². The maximum atomic E-state index is 12.8. The molecule has 0 aromatic heterocycles. The number of fused-ring (bicyclic) bond motifs is 1. The lowest BCUT2D eigenvalue weighted by atomic mass is 9.86. The first-order chi connectivity index (χ1) is 14.0. The predicted molar refractivity (Wildman–Crippen MR) is 118 cm³/mol. The number of methoxy groups -OCH3 is 1. The Morgan fingerprint density at radius 1 is 1.00 bits per heavy atom. The van der Waals surface area contributed by atoms with Crippen LogP contribution in [0.15, 0.2) is 47.4 Å². The summed E-state index contributed by atoms with van der Waals surface area (Å²) in [4.78, 5) is 2.97. The minimum atomic E-state index is -3.37. The van der Waals surface area contributed by atoms with Gasteiger partial charge in [-0.3, -0.25) is 0 Å². The molecular weight excluding hydrogens is 382 g/mol. The fourth-order valence-electron chi connectivity index (χ4n) is 4.33. The Bertz CT molecular complexity index is 900. The molecule has 0 radical (unpaired) electrons. The van der Waals surface area contributed by atoms with Gasteiger partial charge in [-0.1, -0.05) is 32.0 Å². The molecule has 1 aliphatic carbocycles. The summed E-state index contributed by atoms with van der Waals surface area (Å²) in [6.45, 7) is 6.81. The number of nitrogens with zero attached hydrogens (tertiary/aromatic N) is 1. The molecule has 4 nitrogen and oxygen atoms in total. The van der Waals surface area contributed by atoms with Crippen molar-refractivity contribution < 1.29 is 13.2 Å². The molecule has 0 bridgehead atoms. The average molecular weight is 416 g/mol. The van der Waals surface area contributed by atoms with Gasteiger partial charge in [-0.25, -0.2) is 8.42 Å². The van der Waals surface area contributed by atoms with Crippen LogP contribution in [0.3, 0.4) is 0 Å². The third-order valence-corrected chi connectivity index (χ3v) is 7.49. The van der Waals surface area contributed by atoms with Crippen molar-refractivity contribution in [3.63, 3.8) is 0 Å². The fraction of sp³-hybridized carbons (Fsp3) is 0.500. The number of hydrogen-bond donors (Lipinski definition) is 0. The molecule has 0 saturated carbocycles. The average Bonchev–Trinajstić information content (AvgIpc) is 2.73. The van der Waals surface area contributed by atoms with Crippen molar-refractivity contribution in [3.05, 3.63) is 59.2 Å². The van der Waals surface area contributed by atoms with Crippen LogP contribution in [0.25, 0.3) is 0 Å². The minimum absolute atomic E-state index is 0.0355. The van der Waals surface area contributed by atoms with E-state index in [1.165, 1.54) is 24.0 Å². The minimum Gasteiger partial charge on any atom is -0.497 e. The molecule has 0 amide bonds. The van der Waals surface area contributed by atoms with Gasteiger partial charge in [0.25, 0.3) is 0 Å². The summed E-state index contributed by atoms with van der Waals surface area (Å²) in [6.07, 6.45) is 5.62. The van der Waals surface area contributed by atoms with Gasteiger partial charge in [0, 0.05) is 6.04 Å². The van der Waals surface area contributed by atoms with E-state index in [0.717, 1.165) is 37.9 Å². The maximum absolute atomic E-state index is 12.8. The van der Waals surface area contributed by atoms with E-state index in [0.29, 0.717) is 16.7 Å². The standard InChI is InChI=1S/C24H33NO3S/c1-4-14-25(15-5-2)22-9-8-20-16-19(6-7-21(20)17-22)18-29(26,27)24-12-10-23(28-3)11-13-24/h6-7,10-13,16,22H,4-5,8-9,14-15,17-18H2,1-3H3/t22-/m1/s1. The third-order valence-electron chi connectivity index (χ3n) is 5.79. The van der Waals surface area contributed by atoms with Gasteiger partial charge in [-0.2, -0.15) is 0 Å². The van der Waals surface area contributed by atoms with Crippen molar-refractivity contribution in [1.29, 1.82) is 0 Å². The molecule has 158 valence electrons. The molecule has 0 heterocycles. The van der Waals surface area contributed by atoms with E-state index in [1.807, 2.05) is 6.07 Å². The smallest absolute Gasteiger partial charge is 0.182 e. The zero-order valence-electron chi connectivity index (χ0n) is 17.9. The number of ether oxygens (including phenoxy) is 1. The third kappa shape index (κ3) is 5.40. The first-order valence-electron chi connectivity index (χ1n) is 10.7. The molecule has 0 unspecified atom stereocenters. The van der Waals surface area contributed by atoms with Crippen molar-refractivity contribution in [1.82, 2.24) is 4.90 Å². The summed E-state index contributed by atoms with van der Waals surface area (Å²) in [7, 11) is -1.79. The van der Waals surface area contributed by atoms with E-state index in [1.54, 1.807) is 31.4 Å². The number of rotatable bonds is 9. The Balaban J connectivity index is 1.72. The van der Waals surface area contributed by atoms with Gasteiger partial charge >= 0.3 is 0 Å². The Morgan fingerprint density at radius 2 is 1.69 bits per heavy atom. The van der Waals surface area contributed by atoms with Crippen molar-refractivity contribution in [2.45, 2.75) is 62.6 Å². The quantitative estimate of drug-likeness (QED) is 0.598. The molecular formula is C24H33NO3S. The summed E-state index contributed by atoms with van der Waals surface area (Å²) in [5.41, 5.74) is 3.57. The monoisotopic (exact) mass is 415 g/mol. The van der Waals surface area contributed by atoms with Crippen molar-refractivity contribution >= 4 is 9.84 Å². The summed E-state index contributed by atoms with van der Waals surface area (Å²) in [6, 6.07) is 13.5. The van der Waals surface area contributed by atoms with Crippen molar-refractivity contribution in [2.24, 2.45) is 0 Å². The molecule has 0 N–H and O–H groups in total. The van der Waals surface area contributed by atoms with Crippen molar-refractivity contribution in [3.8, 4) is 5.75 Å². The topological polar surface area (TPSA) is 46.6 Å². The van der Waals surface area contributed by atoms with Crippen LogP contribution in [0.5, 0.6) is 5.75 Å². The van der Waals surface area contributed by atoms with Gasteiger partial charge in [0.2, 0.25) is 0 Å². The Hall–Kier alpha value is -1.85. The predicted octanol–water partition coefficient (Wildman–Crippen LogP) is 4.65. The second kappa shape index (κ2) is 9.77. The van der Waals surface area contributed by atoms with Gasteiger partial charge in [-0.05, 0) is 86.1 Å². The van der Waals surface area contributed by atoms with Crippen LogP contribution in [0.4, 0.5) is 0 Å². The summed E-state index contributed by atoms with van der Waals surface area (Å²) >= 11 is 0. The van der Waals surface area contributed by atoms with Crippen LogP contribution in [-0.2, 0) is 28.4 Å². The Kier molecular flexibility index (Phi) is 7.36. The van der Waals surface area contributed by atoms with Crippen LogP contribution in [0, 0.1) is 0 Å². The Labute approximate surface area is 175 Å². The van der Waals surface area contributed by atoms with E-state index in [-0.39, 0.29) is 5.75 Å².